The molecule has 0 spiro atoms. The smallest absolute Gasteiger partial charge is 0.292 e. The van der Waals surface area contributed by atoms with Crippen molar-refractivity contribution >= 4 is 40.5 Å². The Kier molecular flexibility index (Phi) is 6.30. The maximum atomic E-state index is 13.6. The molecule has 0 saturated heterocycles. The van der Waals surface area contributed by atoms with Crippen LogP contribution >= 0.6 is 23.2 Å². The quantitative estimate of drug-likeness (QED) is 0.440. The van der Waals surface area contributed by atoms with E-state index in [4.69, 9.17) is 23.2 Å². The summed E-state index contributed by atoms with van der Waals surface area (Å²) in [5, 5.41) is 16.5. The van der Waals surface area contributed by atoms with Gasteiger partial charge in [0.25, 0.3) is 5.69 Å². The number of hydrogen-bond acceptors (Lipinski definition) is 4. The van der Waals surface area contributed by atoms with Crippen molar-refractivity contribution in [3.8, 4) is 0 Å². The maximum Gasteiger partial charge on any atom is 0.292 e. The molecule has 0 fully saturated rings. The van der Waals surface area contributed by atoms with Crippen LogP contribution in [0.15, 0.2) is 36.4 Å². The van der Waals surface area contributed by atoms with Crippen molar-refractivity contribution in [2.45, 2.75) is 13.0 Å². The number of benzene rings is 2. The third-order valence-corrected chi connectivity index (χ3v) is 4.07. The number of nitro benzene ring substituents is 1. The summed E-state index contributed by atoms with van der Waals surface area (Å²) >= 11 is 11.7. The molecule has 1 amide bonds. The van der Waals surface area contributed by atoms with Gasteiger partial charge in [0, 0.05) is 17.1 Å². The second-order valence-corrected chi connectivity index (χ2v) is 6.03. The van der Waals surface area contributed by atoms with Crippen molar-refractivity contribution < 1.29 is 14.1 Å². The van der Waals surface area contributed by atoms with Gasteiger partial charge in [-0.15, -0.1) is 0 Å². The van der Waals surface area contributed by atoms with Gasteiger partial charge in [-0.1, -0.05) is 35.3 Å². The number of rotatable bonds is 6. The van der Waals surface area contributed by atoms with Crippen LogP contribution in [0.2, 0.25) is 10.0 Å². The van der Waals surface area contributed by atoms with Crippen LogP contribution in [0.3, 0.4) is 0 Å². The second-order valence-electron chi connectivity index (χ2n) is 5.21. The van der Waals surface area contributed by atoms with Gasteiger partial charge in [0.15, 0.2) is 0 Å². The Hall–Kier alpha value is -2.22. The normalized spacial score (nSPS) is 11.8. The molecule has 2 aromatic rings. The highest BCUT2D eigenvalue weighted by Crippen LogP contribution is 2.28. The third kappa shape index (κ3) is 4.88. The SMILES string of the molecule is C[C@@H](NCC(=O)Nc1ccccc1[N+](=O)[O-])c1cc(F)c(Cl)cc1Cl. The predicted octanol–water partition coefficient (Wildman–Crippen LogP) is 4.33. The average molecular weight is 386 g/mol. The topological polar surface area (TPSA) is 84.3 Å². The van der Waals surface area contributed by atoms with Crippen molar-refractivity contribution in [1.29, 1.82) is 0 Å². The molecule has 6 nitrogen and oxygen atoms in total. The molecule has 2 aromatic carbocycles. The van der Waals surface area contributed by atoms with E-state index in [2.05, 4.69) is 10.6 Å². The van der Waals surface area contributed by atoms with E-state index in [-0.39, 0.29) is 28.0 Å². The van der Waals surface area contributed by atoms with E-state index in [1.54, 1.807) is 13.0 Å². The largest absolute Gasteiger partial charge is 0.319 e. The number of anilines is 1. The summed E-state index contributed by atoms with van der Waals surface area (Å²) in [5.41, 5.74) is 0.344. The van der Waals surface area contributed by atoms with Gasteiger partial charge in [0.2, 0.25) is 5.91 Å². The first-order valence-corrected chi connectivity index (χ1v) is 7.96. The minimum atomic E-state index is -0.612. The molecule has 0 aromatic heterocycles. The van der Waals surface area contributed by atoms with Crippen molar-refractivity contribution in [1.82, 2.24) is 5.32 Å². The first-order chi connectivity index (χ1) is 11.8. The minimum Gasteiger partial charge on any atom is -0.319 e. The molecule has 0 aliphatic rings. The molecule has 2 rings (SSSR count). The molecular weight excluding hydrogens is 372 g/mol. The van der Waals surface area contributed by atoms with E-state index in [0.29, 0.717) is 5.56 Å². The molecular formula is C16H14Cl2FN3O3. The monoisotopic (exact) mass is 385 g/mol. The fourth-order valence-corrected chi connectivity index (χ4v) is 2.71. The second kappa shape index (κ2) is 8.24. The first kappa shape index (κ1) is 19.1. The van der Waals surface area contributed by atoms with E-state index in [0.717, 1.165) is 0 Å². The Morgan fingerprint density at radius 3 is 2.64 bits per heavy atom. The van der Waals surface area contributed by atoms with Crippen LogP contribution in [0.5, 0.6) is 0 Å². The fourth-order valence-electron chi connectivity index (χ4n) is 2.16. The highest BCUT2D eigenvalue weighted by atomic mass is 35.5. The molecule has 1 atom stereocenters. The standard InChI is InChI=1S/C16H14Cl2FN3O3/c1-9(10-6-13(19)12(18)7-11(10)17)20-8-16(23)21-14-4-2-3-5-15(14)22(24)25/h2-7,9,20H,8H2,1H3,(H,21,23)/t9-/m1/s1. The summed E-state index contributed by atoms with van der Waals surface area (Å²) in [4.78, 5) is 22.4. The van der Waals surface area contributed by atoms with Crippen LogP contribution in [0.25, 0.3) is 0 Å². The Bertz CT molecular complexity index is 817. The lowest BCUT2D eigenvalue weighted by Gasteiger charge is -2.16. The van der Waals surface area contributed by atoms with Gasteiger partial charge in [-0.25, -0.2) is 4.39 Å². The van der Waals surface area contributed by atoms with Crippen molar-refractivity contribution in [3.05, 3.63) is 67.9 Å². The number of nitro groups is 1. The zero-order valence-electron chi connectivity index (χ0n) is 13.1. The molecule has 0 aliphatic carbocycles. The van der Waals surface area contributed by atoms with Gasteiger partial charge in [0.05, 0.1) is 16.5 Å². The van der Waals surface area contributed by atoms with Crippen molar-refractivity contribution in [2.24, 2.45) is 0 Å². The predicted molar refractivity (Wildman–Crippen MR) is 94.6 cm³/mol. The maximum absolute atomic E-state index is 13.6. The number of carbonyl (C=O) groups is 1. The van der Waals surface area contributed by atoms with Crippen molar-refractivity contribution in [2.75, 3.05) is 11.9 Å². The zero-order chi connectivity index (χ0) is 18.6. The van der Waals surface area contributed by atoms with Crippen LogP contribution in [-0.2, 0) is 4.79 Å². The first-order valence-electron chi connectivity index (χ1n) is 7.20. The molecule has 2 N–H and O–H groups in total. The third-order valence-electron chi connectivity index (χ3n) is 3.45. The van der Waals surface area contributed by atoms with E-state index < -0.39 is 22.7 Å². The molecule has 0 radical (unpaired) electrons. The Morgan fingerprint density at radius 1 is 1.28 bits per heavy atom. The highest BCUT2D eigenvalue weighted by Gasteiger charge is 2.17. The lowest BCUT2D eigenvalue weighted by atomic mass is 10.1. The summed E-state index contributed by atoms with van der Waals surface area (Å²) in [6, 6.07) is 7.87. The molecule has 0 bridgehead atoms. The average Bonchev–Trinajstić information content (AvgIpc) is 2.56. The van der Waals surface area contributed by atoms with Crippen LogP contribution in [-0.4, -0.2) is 17.4 Å². The van der Waals surface area contributed by atoms with E-state index in [1.807, 2.05) is 0 Å². The Balaban J connectivity index is 2.01. The number of nitrogens with one attached hydrogen (secondary N) is 2. The Morgan fingerprint density at radius 2 is 1.96 bits per heavy atom. The van der Waals surface area contributed by atoms with E-state index in [1.165, 1.54) is 30.3 Å². The summed E-state index contributed by atoms with van der Waals surface area (Å²) < 4.78 is 13.6. The van der Waals surface area contributed by atoms with Gasteiger partial charge in [0.1, 0.15) is 11.5 Å². The lowest BCUT2D eigenvalue weighted by Crippen LogP contribution is -2.30. The van der Waals surface area contributed by atoms with Crippen LogP contribution in [0.4, 0.5) is 15.8 Å². The summed E-state index contributed by atoms with van der Waals surface area (Å²) in [7, 11) is 0. The lowest BCUT2D eigenvalue weighted by molar-refractivity contribution is -0.383. The number of amides is 1. The molecule has 0 saturated carbocycles. The van der Waals surface area contributed by atoms with Crippen LogP contribution in [0, 0.1) is 15.9 Å². The van der Waals surface area contributed by atoms with Gasteiger partial charge in [-0.3, -0.25) is 14.9 Å². The van der Waals surface area contributed by atoms with Gasteiger partial charge in [-0.05, 0) is 30.7 Å². The van der Waals surface area contributed by atoms with Crippen LogP contribution < -0.4 is 10.6 Å². The molecule has 0 heterocycles. The highest BCUT2D eigenvalue weighted by molar-refractivity contribution is 6.35. The Labute approximate surface area is 153 Å². The van der Waals surface area contributed by atoms with Gasteiger partial charge < -0.3 is 10.6 Å². The zero-order valence-corrected chi connectivity index (χ0v) is 14.6. The molecule has 132 valence electrons. The molecule has 25 heavy (non-hydrogen) atoms. The summed E-state index contributed by atoms with van der Waals surface area (Å²) in [6.07, 6.45) is 0. The number of halogens is 3. The molecule has 0 unspecified atom stereocenters. The van der Waals surface area contributed by atoms with E-state index >= 15 is 0 Å². The number of carbonyl (C=O) groups excluding carboxylic acids is 1. The fraction of sp³-hybridized carbons (Fsp3) is 0.188. The van der Waals surface area contributed by atoms with Crippen molar-refractivity contribution in [3.63, 3.8) is 0 Å². The number of para-hydroxylation sites is 2. The van der Waals surface area contributed by atoms with Gasteiger partial charge >= 0.3 is 0 Å². The molecule has 0 aliphatic heterocycles. The summed E-state index contributed by atoms with van der Waals surface area (Å²) in [5.74, 6) is -1.09. The minimum absolute atomic E-state index is 0.0879. The number of hydrogen-bond donors (Lipinski definition) is 2. The number of nitrogens with zero attached hydrogens (tertiary/aromatic N) is 1. The van der Waals surface area contributed by atoms with Crippen LogP contribution in [0.1, 0.15) is 18.5 Å². The van der Waals surface area contributed by atoms with Gasteiger partial charge in [-0.2, -0.15) is 0 Å². The molecule has 9 heteroatoms. The van der Waals surface area contributed by atoms with E-state index in [9.17, 15) is 19.3 Å². The summed E-state index contributed by atoms with van der Waals surface area (Å²) in [6.45, 7) is 1.56.